The second-order valence-corrected chi connectivity index (χ2v) is 7.54. The number of thiazole rings is 1. The van der Waals surface area contributed by atoms with Gasteiger partial charge in [0.2, 0.25) is 0 Å². The molecule has 0 aliphatic carbocycles. The molecule has 0 atom stereocenters. The van der Waals surface area contributed by atoms with Gasteiger partial charge in [-0.2, -0.15) is 0 Å². The SMILES string of the molecule is O=C(Nc1ncc(Cc2ccc(F)cc2)s1)c1c[nH]c(=S)n1-c1ccccc1. The first kappa shape index (κ1) is 18.3. The summed E-state index contributed by atoms with van der Waals surface area (Å²) in [5.74, 6) is -0.570. The summed E-state index contributed by atoms with van der Waals surface area (Å²) >= 11 is 6.69. The van der Waals surface area contributed by atoms with Crippen LogP contribution in [0.2, 0.25) is 0 Å². The van der Waals surface area contributed by atoms with E-state index in [2.05, 4.69) is 15.3 Å². The van der Waals surface area contributed by atoms with Gasteiger partial charge in [-0.1, -0.05) is 30.3 Å². The number of carbonyl (C=O) groups excluding carboxylic acids is 1. The first-order valence-electron chi connectivity index (χ1n) is 8.46. The normalized spacial score (nSPS) is 10.8. The number of amides is 1. The van der Waals surface area contributed by atoms with Crippen molar-refractivity contribution in [2.75, 3.05) is 5.32 Å². The number of aromatic nitrogens is 3. The van der Waals surface area contributed by atoms with Crippen LogP contribution < -0.4 is 5.32 Å². The number of halogens is 1. The predicted octanol–water partition coefficient (Wildman–Crippen LogP) is 4.97. The van der Waals surface area contributed by atoms with E-state index in [-0.39, 0.29) is 11.7 Å². The third-order valence-corrected chi connectivity index (χ3v) is 5.30. The van der Waals surface area contributed by atoms with Gasteiger partial charge in [-0.15, -0.1) is 11.3 Å². The van der Waals surface area contributed by atoms with Gasteiger partial charge in [0.25, 0.3) is 5.91 Å². The topological polar surface area (TPSA) is 62.7 Å². The van der Waals surface area contributed by atoms with Crippen LogP contribution in [0, 0.1) is 10.6 Å². The van der Waals surface area contributed by atoms with Crippen molar-refractivity contribution in [2.45, 2.75) is 6.42 Å². The Balaban J connectivity index is 1.52. The molecule has 0 saturated heterocycles. The Kier molecular flexibility index (Phi) is 5.14. The second kappa shape index (κ2) is 7.87. The summed E-state index contributed by atoms with van der Waals surface area (Å²) in [6.45, 7) is 0. The molecule has 0 aliphatic heterocycles. The highest BCUT2D eigenvalue weighted by Crippen LogP contribution is 2.22. The highest BCUT2D eigenvalue weighted by molar-refractivity contribution is 7.71. The van der Waals surface area contributed by atoms with Crippen molar-refractivity contribution in [3.05, 3.63) is 93.7 Å². The fourth-order valence-corrected chi connectivity index (χ4v) is 3.89. The summed E-state index contributed by atoms with van der Waals surface area (Å²) < 4.78 is 15.1. The zero-order valence-electron chi connectivity index (χ0n) is 14.6. The Morgan fingerprint density at radius 3 is 2.68 bits per heavy atom. The number of carbonyl (C=O) groups is 1. The number of nitrogens with zero attached hydrogens (tertiary/aromatic N) is 2. The third-order valence-electron chi connectivity index (χ3n) is 4.09. The van der Waals surface area contributed by atoms with Crippen molar-refractivity contribution >= 4 is 34.6 Å². The molecule has 140 valence electrons. The van der Waals surface area contributed by atoms with Gasteiger partial charge in [0.05, 0.1) is 0 Å². The lowest BCUT2D eigenvalue weighted by Crippen LogP contribution is -2.16. The van der Waals surface area contributed by atoms with Crippen molar-refractivity contribution in [1.29, 1.82) is 0 Å². The van der Waals surface area contributed by atoms with Crippen LogP contribution in [0.3, 0.4) is 0 Å². The average Bonchev–Trinajstić information content (AvgIpc) is 3.30. The third kappa shape index (κ3) is 3.92. The van der Waals surface area contributed by atoms with Gasteiger partial charge < -0.3 is 4.98 Å². The zero-order valence-corrected chi connectivity index (χ0v) is 16.2. The van der Waals surface area contributed by atoms with Crippen LogP contribution >= 0.6 is 23.6 Å². The van der Waals surface area contributed by atoms with E-state index in [0.29, 0.717) is 22.0 Å². The van der Waals surface area contributed by atoms with Crippen LogP contribution in [0.1, 0.15) is 20.9 Å². The summed E-state index contributed by atoms with van der Waals surface area (Å²) in [5.41, 5.74) is 2.17. The highest BCUT2D eigenvalue weighted by atomic mass is 32.1. The van der Waals surface area contributed by atoms with E-state index >= 15 is 0 Å². The van der Waals surface area contributed by atoms with Crippen molar-refractivity contribution < 1.29 is 9.18 Å². The van der Waals surface area contributed by atoms with Crippen molar-refractivity contribution in [3.63, 3.8) is 0 Å². The molecule has 5 nitrogen and oxygen atoms in total. The number of H-pyrrole nitrogens is 1. The van der Waals surface area contributed by atoms with Gasteiger partial charge in [-0.25, -0.2) is 9.37 Å². The molecule has 1 amide bonds. The van der Waals surface area contributed by atoms with E-state index in [9.17, 15) is 9.18 Å². The summed E-state index contributed by atoms with van der Waals surface area (Å²) in [7, 11) is 0. The summed E-state index contributed by atoms with van der Waals surface area (Å²) in [6.07, 6.45) is 3.92. The van der Waals surface area contributed by atoms with E-state index in [0.717, 1.165) is 16.1 Å². The number of hydrogen-bond acceptors (Lipinski definition) is 4. The van der Waals surface area contributed by atoms with E-state index in [1.807, 2.05) is 30.3 Å². The van der Waals surface area contributed by atoms with Crippen LogP contribution in [-0.2, 0) is 6.42 Å². The van der Waals surface area contributed by atoms with Crippen molar-refractivity contribution in [3.8, 4) is 5.69 Å². The maximum Gasteiger partial charge on any atom is 0.276 e. The Morgan fingerprint density at radius 2 is 1.93 bits per heavy atom. The van der Waals surface area contributed by atoms with Gasteiger partial charge in [-0.3, -0.25) is 14.7 Å². The highest BCUT2D eigenvalue weighted by Gasteiger charge is 2.16. The lowest BCUT2D eigenvalue weighted by molar-refractivity contribution is 0.102. The summed E-state index contributed by atoms with van der Waals surface area (Å²) in [5, 5.41) is 3.31. The number of rotatable bonds is 5. The predicted molar refractivity (Wildman–Crippen MR) is 110 cm³/mol. The van der Waals surface area contributed by atoms with E-state index in [1.165, 1.54) is 23.5 Å². The first-order chi connectivity index (χ1) is 13.6. The van der Waals surface area contributed by atoms with Crippen molar-refractivity contribution in [2.24, 2.45) is 0 Å². The Labute approximate surface area is 169 Å². The average molecular weight is 410 g/mol. The molecule has 0 bridgehead atoms. The molecule has 28 heavy (non-hydrogen) atoms. The fourth-order valence-electron chi connectivity index (χ4n) is 2.78. The Bertz CT molecular complexity index is 1160. The lowest BCUT2D eigenvalue weighted by Gasteiger charge is -2.07. The number of aromatic amines is 1. The number of anilines is 1. The van der Waals surface area contributed by atoms with Gasteiger partial charge >= 0.3 is 0 Å². The maximum absolute atomic E-state index is 13.0. The standard InChI is InChI=1S/C20H15FN4OS2/c21-14-8-6-13(7-9-14)10-16-11-22-19(28-16)24-18(26)17-12-23-20(27)25(17)15-4-2-1-3-5-15/h1-9,11-12H,10H2,(H,23,27)(H,22,24,26). The molecule has 2 heterocycles. The zero-order chi connectivity index (χ0) is 19.5. The quantitative estimate of drug-likeness (QED) is 0.457. The second-order valence-electron chi connectivity index (χ2n) is 6.04. The monoisotopic (exact) mass is 410 g/mol. The summed E-state index contributed by atoms with van der Waals surface area (Å²) in [4.78, 5) is 20.9. The van der Waals surface area contributed by atoms with Gasteiger partial charge in [0.1, 0.15) is 11.5 Å². The molecular formula is C20H15FN4OS2. The molecule has 4 aromatic rings. The Hall–Kier alpha value is -3.10. The van der Waals surface area contributed by atoms with Gasteiger partial charge in [0.15, 0.2) is 9.90 Å². The van der Waals surface area contributed by atoms with Gasteiger partial charge in [0, 0.05) is 29.4 Å². The van der Waals surface area contributed by atoms with Crippen LogP contribution in [0.15, 0.2) is 67.0 Å². The first-order valence-corrected chi connectivity index (χ1v) is 9.69. The molecule has 0 radical (unpaired) electrons. The molecule has 0 fully saturated rings. The minimum atomic E-state index is -0.307. The number of benzene rings is 2. The molecule has 0 aliphatic rings. The summed E-state index contributed by atoms with van der Waals surface area (Å²) in [6, 6.07) is 15.8. The van der Waals surface area contributed by atoms with E-state index < -0.39 is 0 Å². The lowest BCUT2D eigenvalue weighted by atomic mass is 10.1. The van der Waals surface area contributed by atoms with E-state index in [4.69, 9.17) is 12.2 Å². The minimum Gasteiger partial charge on any atom is -0.336 e. The van der Waals surface area contributed by atoms with Gasteiger partial charge in [-0.05, 0) is 42.0 Å². The molecule has 2 aromatic carbocycles. The van der Waals surface area contributed by atoms with Crippen LogP contribution in [0.25, 0.3) is 5.69 Å². The minimum absolute atomic E-state index is 0.264. The molecule has 4 rings (SSSR count). The molecule has 2 aromatic heterocycles. The number of imidazole rings is 1. The molecule has 0 unspecified atom stereocenters. The fraction of sp³-hybridized carbons (Fsp3) is 0.0500. The maximum atomic E-state index is 13.0. The smallest absolute Gasteiger partial charge is 0.276 e. The van der Waals surface area contributed by atoms with Crippen molar-refractivity contribution in [1.82, 2.24) is 14.5 Å². The Morgan fingerprint density at radius 1 is 1.18 bits per heavy atom. The molecular weight excluding hydrogens is 395 g/mol. The molecule has 0 spiro atoms. The molecule has 2 N–H and O–H groups in total. The van der Waals surface area contributed by atoms with Crippen LogP contribution in [0.5, 0.6) is 0 Å². The largest absolute Gasteiger partial charge is 0.336 e. The number of hydrogen-bond donors (Lipinski definition) is 2. The molecule has 0 saturated carbocycles. The number of nitrogens with one attached hydrogen (secondary N) is 2. The van der Waals surface area contributed by atoms with Crippen LogP contribution in [0.4, 0.5) is 9.52 Å². The number of para-hydroxylation sites is 1. The van der Waals surface area contributed by atoms with Crippen LogP contribution in [-0.4, -0.2) is 20.4 Å². The molecule has 8 heteroatoms. The van der Waals surface area contributed by atoms with E-state index in [1.54, 1.807) is 29.1 Å².